The second-order valence-electron chi connectivity index (χ2n) is 7.05. The van der Waals surface area contributed by atoms with Gasteiger partial charge in [-0.3, -0.25) is 0 Å². The predicted octanol–water partition coefficient (Wildman–Crippen LogP) is 2.46. The van der Waals surface area contributed by atoms with Crippen LogP contribution in [0.4, 0.5) is 4.39 Å². The van der Waals surface area contributed by atoms with Crippen molar-refractivity contribution in [2.24, 2.45) is 0 Å². The van der Waals surface area contributed by atoms with Crippen LogP contribution < -0.4 is 4.74 Å². The average molecular weight is 411 g/mol. The Morgan fingerprint density at radius 2 is 2.14 bits per heavy atom. The van der Waals surface area contributed by atoms with Crippen LogP contribution in [0.2, 0.25) is 0 Å². The van der Waals surface area contributed by atoms with E-state index in [9.17, 15) is 12.8 Å². The molecule has 2 fully saturated rings. The fourth-order valence-corrected chi connectivity index (χ4v) is 4.95. The molecule has 2 aromatic rings. The first-order valence-electron chi connectivity index (χ1n) is 9.25. The number of piperidine rings is 1. The van der Waals surface area contributed by atoms with Crippen molar-refractivity contribution < 1.29 is 26.8 Å². The monoisotopic (exact) mass is 411 g/mol. The van der Waals surface area contributed by atoms with Crippen molar-refractivity contribution in [2.75, 3.05) is 20.2 Å². The number of ether oxygens (including phenoxy) is 2. The van der Waals surface area contributed by atoms with E-state index in [0.29, 0.717) is 30.6 Å². The van der Waals surface area contributed by atoms with Gasteiger partial charge < -0.3 is 14.0 Å². The third-order valence-electron chi connectivity index (χ3n) is 4.95. The highest BCUT2D eigenvalue weighted by Crippen LogP contribution is 2.38. The number of aromatic nitrogens is 2. The Morgan fingerprint density at radius 3 is 2.89 bits per heavy atom. The first-order chi connectivity index (χ1) is 13.5. The first-order valence-corrected chi connectivity index (χ1v) is 10.7. The zero-order valence-corrected chi connectivity index (χ0v) is 16.3. The van der Waals surface area contributed by atoms with Gasteiger partial charge >= 0.3 is 0 Å². The van der Waals surface area contributed by atoms with E-state index in [4.69, 9.17) is 14.0 Å². The number of hydrogen-bond donors (Lipinski definition) is 0. The molecule has 2 aliphatic rings. The summed E-state index contributed by atoms with van der Waals surface area (Å²) in [6, 6.07) is 3.46. The van der Waals surface area contributed by atoms with Gasteiger partial charge in [-0.2, -0.15) is 9.29 Å². The number of rotatable bonds is 7. The summed E-state index contributed by atoms with van der Waals surface area (Å²) in [5.74, 6) is 0.988. The second kappa shape index (κ2) is 7.76. The van der Waals surface area contributed by atoms with Crippen LogP contribution in [0, 0.1) is 5.82 Å². The summed E-state index contributed by atoms with van der Waals surface area (Å²) in [4.78, 5) is 4.13. The highest BCUT2D eigenvalue weighted by molar-refractivity contribution is 7.89. The molecule has 4 rings (SSSR count). The van der Waals surface area contributed by atoms with Gasteiger partial charge in [-0.1, -0.05) is 5.16 Å². The minimum Gasteiger partial charge on any atom is -0.495 e. The third kappa shape index (κ3) is 4.03. The van der Waals surface area contributed by atoms with Crippen molar-refractivity contribution in [3.05, 3.63) is 35.7 Å². The van der Waals surface area contributed by atoms with Crippen LogP contribution in [0.3, 0.4) is 0 Å². The van der Waals surface area contributed by atoms with Crippen LogP contribution in [0.5, 0.6) is 5.75 Å². The largest absolute Gasteiger partial charge is 0.495 e. The molecule has 1 aliphatic carbocycles. The summed E-state index contributed by atoms with van der Waals surface area (Å²) in [5.41, 5.74) is 0. The minimum absolute atomic E-state index is 0.114. The van der Waals surface area contributed by atoms with E-state index in [1.54, 1.807) is 0 Å². The van der Waals surface area contributed by atoms with Gasteiger partial charge in [-0.05, 0) is 43.9 Å². The lowest BCUT2D eigenvalue weighted by Gasteiger charge is -2.31. The fourth-order valence-electron chi connectivity index (χ4n) is 3.27. The smallest absolute Gasteiger partial charge is 0.252 e. The molecule has 1 aromatic heterocycles. The van der Waals surface area contributed by atoms with Gasteiger partial charge in [0, 0.05) is 19.0 Å². The van der Waals surface area contributed by atoms with Crippen LogP contribution in [-0.2, 0) is 21.4 Å². The van der Waals surface area contributed by atoms with E-state index in [0.717, 1.165) is 25.3 Å². The summed E-state index contributed by atoms with van der Waals surface area (Å²) in [6.07, 6.45) is 3.21. The van der Waals surface area contributed by atoms with Crippen molar-refractivity contribution in [3.63, 3.8) is 0 Å². The van der Waals surface area contributed by atoms with Gasteiger partial charge in [0.05, 0.1) is 13.2 Å². The van der Waals surface area contributed by atoms with E-state index in [1.807, 2.05) is 0 Å². The highest BCUT2D eigenvalue weighted by Gasteiger charge is 2.33. The number of methoxy groups -OCH3 is 1. The van der Waals surface area contributed by atoms with Crippen molar-refractivity contribution in [3.8, 4) is 5.75 Å². The Balaban J connectivity index is 1.43. The highest BCUT2D eigenvalue weighted by atomic mass is 32.2. The number of halogens is 1. The molecule has 1 unspecified atom stereocenters. The molecule has 0 N–H and O–H groups in total. The first kappa shape index (κ1) is 19.3. The number of benzene rings is 1. The zero-order chi connectivity index (χ0) is 19.7. The molecule has 1 aromatic carbocycles. The zero-order valence-electron chi connectivity index (χ0n) is 15.5. The maximum absolute atomic E-state index is 13.6. The number of nitrogens with zero attached hydrogens (tertiary/aromatic N) is 3. The van der Waals surface area contributed by atoms with E-state index in [-0.39, 0.29) is 29.9 Å². The van der Waals surface area contributed by atoms with E-state index >= 15 is 0 Å². The summed E-state index contributed by atoms with van der Waals surface area (Å²) in [5, 5.41) is 3.94. The van der Waals surface area contributed by atoms with Gasteiger partial charge in [0.2, 0.25) is 10.0 Å². The van der Waals surface area contributed by atoms with Crippen molar-refractivity contribution in [2.45, 2.75) is 49.2 Å². The predicted molar refractivity (Wildman–Crippen MR) is 95.8 cm³/mol. The van der Waals surface area contributed by atoms with Crippen molar-refractivity contribution in [1.82, 2.24) is 14.4 Å². The van der Waals surface area contributed by atoms with Gasteiger partial charge in [0.15, 0.2) is 5.82 Å². The summed E-state index contributed by atoms with van der Waals surface area (Å²) in [6.45, 7) is 0.654. The molecule has 1 saturated heterocycles. The van der Waals surface area contributed by atoms with Crippen LogP contribution in [0.25, 0.3) is 0 Å². The minimum atomic E-state index is -3.91. The van der Waals surface area contributed by atoms with Crippen LogP contribution in [-0.4, -0.2) is 49.2 Å². The summed E-state index contributed by atoms with van der Waals surface area (Å²) < 4.78 is 57.1. The van der Waals surface area contributed by atoms with Crippen molar-refractivity contribution in [1.29, 1.82) is 0 Å². The molecule has 28 heavy (non-hydrogen) atoms. The molecular weight excluding hydrogens is 389 g/mol. The molecule has 1 saturated carbocycles. The Bertz CT molecular complexity index is 944. The summed E-state index contributed by atoms with van der Waals surface area (Å²) >= 11 is 0. The number of hydrogen-bond acceptors (Lipinski definition) is 7. The lowest BCUT2D eigenvalue weighted by atomic mass is 10.1. The molecule has 0 spiro atoms. The van der Waals surface area contributed by atoms with Gasteiger partial charge in [-0.25, -0.2) is 12.8 Å². The molecule has 10 heteroatoms. The van der Waals surface area contributed by atoms with Gasteiger partial charge in [-0.15, -0.1) is 0 Å². The lowest BCUT2D eigenvalue weighted by molar-refractivity contribution is -0.00298. The molecule has 1 atom stereocenters. The maximum Gasteiger partial charge on any atom is 0.252 e. The Kier molecular flexibility index (Phi) is 5.35. The molecule has 0 radical (unpaired) electrons. The molecule has 152 valence electrons. The van der Waals surface area contributed by atoms with Crippen LogP contribution in [0.1, 0.15) is 43.3 Å². The van der Waals surface area contributed by atoms with Crippen molar-refractivity contribution >= 4 is 10.0 Å². The second-order valence-corrected chi connectivity index (χ2v) is 8.96. The maximum atomic E-state index is 13.6. The van der Waals surface area contributed by atoms with Crippen LogP contribution in [0.15, 0.2) is 27.6 Å². The molecule has 1 aliphatic heterocycles. The number of sulfonamides is 1. The molecular formula is C18H22FN3O5S. The average Bonchev–Trinajstić information content (AvgIpc) is 3.44. The molecule has 0 bridgehead atoms. The normalized spacial score (nSPS) is 21.0. The van der Waals surface area contributed by atoms with E-state index in [1.165, 1.54) is 23.5 Å². The third-order valence-corrected chi connectivity index (χ3v) is 6.84. The van der Waals surface area contributed by atoms with E-state index in [2.05, 4.69) is 10.1 Å². The molecule has 0 amide bonds. The van der Waals surface area contributed by atoms with Gasteiger partial charge in [0.1, 0.15) is 23.1 Å². The molecule has 2 heterocycles. The topological polar surface area (TPSA) is 94.8 Å². The lowest BCUT2D eigenvalue weighted by Crippen LogP contribution is -2.43. The van der Waals surface area contributed by atoms with E-state index < -0.39 is 15.8 Å². The van der Waals surface area contributed by atoms with Crippen LogP contribution >= 0.6 is 0 Å². The SMILES string of the molecule is COc1ccc(F)cc1S(=O)(=O)N1CCCC(OCc2nc(C3CC3)no2)C1. The standard InChI is InChI=1S/C18H22FN3O5S/c1-25-15-7-6-13(19)9-16(15)28(23,24)22-8-2-3-14(10-22)26-11-17-20-18(21-27-17)12-4-5-12/h6-7,9,12,14H,2-5,8,10-11H2,1H3. The quantitative estimate of drug-likeness (QED) is 0.691. The Labute approximate surface area is 162 Å². The van der Waals surface area contributed by atoms with Gasteiger partial charge in [0.25, 0.3) is 5.89 Å². The fraction of sp³-hybridized carbons (Fsp3) is 0.556. The summed E-state index contributed by atoms with van der Waals surface area (Å²) in [7, 11) is -2.55. The Hall–Kier alpha value is -2.04. The Morgan fingerprint density at radius 1 is 1.32 bits per heavy atom. The molecule has 8 nitrogen and oxygen atoms in total.